The van der Waals surface area contributed by atoms with Crippen LogP contribution in [0.2, 0.25) is 0 Å². The monoisotopic (exact) mass is 250 g/mol. The molecule has 0 bridgehead atoms. The Bertz CT molecular complexity index is 422. The van der Waals surface area contributed by atoms with Crippen molar-refractivity contribution in [3.63, 3.8) is 0 Å². The van der Waals surface area contributed by atoms with Crippen LogP contribution in [0.1, 0.15) is 32.5 Å². The van der Waals surface area contributed by atoms with Gasteiger partial charge in [0, 0.05) is 31.5 Å². The Labute approximate surface area is 108 Å². The first kappa shape index (κ1) is 13.1. The van der Waals surface area contributed by atoms with Crippen molar-refractivity contribution in [2.75, 3.05) is 0 Å². The summed E-state index contributed by atoms with van der Waals surface area (Å²) < 4.78 is 1.96. The van der Waals surface area contributed by atoms with Crippen LogP contribution in [0.5, 0.6) is 0 Å². The highest BCUT2D eigenvalue weighted by atomic mass is 16.2. The topological polar surface area (TPSA) is 64.2 Å². The number of hydrogen-bond acceptors (Lipinski definition) is 3. The molecule has 2 rings (SSSR count). The number of hydrogen-bond donors (Lipinski definition) is 1. The molecule has 0 aliphatic heterocycles. The fourth-order valence-corrected chi connectivity index (χ4v) is 1.96. The summed E-state index contributed by atoms with van der Waals surface area (Å²) in [6.07, 6.45) is 5.86. The van der Waals surface area contributed by atoms with Crippen molar-refractivity contribution in [3.05, 3.63) is 18.2 Å². The Morgan fingerprint density at radius 1 is 1.61 bits per heavy atom. The highest BCUT2D eigenvalue weighted by Crippen LogP contribution is 2.29. The fourth-order valence-electron chi connectivity index (χ4n) is 1.96. The minimum absolute atomic E-state index is 0.111. The van der Waals surface area contributed by atoms with E-state index < -0.39 is 0 Å². The summed E-state index contributed by atoms with van der Waals surface area (Å²) in [6.45, 7) is 4.37. The molecule has 0 spiro atoms. The van der Waals surface area contributed by atoms with E-state index in [1.165, 1.54) is 0 Å². The predicted octanol–water partition coefficient (Wildman–Crippen LogP) is 0.894. The third-order valence-corrected chi connectivity index (χ3v) is 3.68. The second-order valence-corrected chi connectivity index (χ2v) is 5.30. The maximum absolute atomic E-state index is 12.4. The zero-order valence-electron chi connectivity index (χ0n) is 11.3. The van der Waals surface area contributed by atoms with Crippen LogP contribution in [0.4, 0.5) is 0 Å². The number of amides is 1. The molecule has 2 N–H and O–H groups in total. The van der Waals surface area contributed by atoms with Crippen molar-refractivity contribution in [3.8, 4) is 0 Å². The van der Waals surface area contributed by atoms with Crippen LogP contribution in [0.3, 0.4) is 0 Å². The Morgan fingerprint density at radius 3 is 2.72 bits per heavy atom. The highest BCUT2D eigenvalue weighted by Gasteiger charge is 2.35. The maximum Gasteiger partial charge on any atom is 0.227 e. The first-order valence-corrected chi connectivity index (χ1v) is 6.53. The zero-order chi connectivity index (χ0) is 13.3. The van der Waals surface area contributed by atoms with Crippen molar-refractivity contribution in [2.45, 2.75) is 45.3 Å². The van der Waals surface area contributed by atoms with Gasteiger partial charge in [-0.2, -0.15) is 0 Å². The molecule has 1 aromatic rings. The average molecular weight is 250 g/mol. The van der Waals surface area contributed by atoms with Gasteiger partial charge >= 0.3 is 0 Å². The van der Waals surface area contributed by atoms with Crippen LogP contribution in [0.15, 0.2) is 12.4 Å². The van der Waals surface area contributed by atoms with Gasteiger partial charge in [-0.25, -0.2) is 4.98 Å². The molecule has 1 amide bonds. The number of nitrogens with zero attached hydrogens (tertiary/aromatic N) is 3. The van der Waals surface area contributed by atoms with Gasteiger partial charge < -0.3 is 15.2 Å². The van der Waals surface area contributed by atoms with E-state index in [1.54, 1.807) is 6.20 Å². The van der Waals surface area contributed by atoms with E-state index in [0.717, 1.165) is 18.7 Å². The number of nitrogens with two attached hydrogens (primary N) is 1. The number of rotatable bonds is 5. The molecule has 0 saturated heterocycles. The third kappa shape index (κ3) is 2.72. The molecule has 1 aliphatic rings. The molecule has 1 aliphatic carbocycles. The second-order valence-electron chi connectivity index (χ2n) is 5.30. The number of aryl methyl sites for hydroxylation is 1. The molecule has 1 saturated carbocycles. The van der Waals surface area contributed by atoms with Gasteiger partial charge in [0.25, 0.3) is 0 Å². The average Bonchev–Trinajstić information content (AvgIpc) is 3.09. The molecule has 0 radical (unpaired) electrons. The Morgan fingerprint density at radius 2 is 2.28 bits per heavy atom. The molecule has 1 aromatic heterocycles. The van der Waals surface area contributed by atoms with E-state index in [0.29, 0.717) is 12.6 Å². The molecule has 0 aromatic carbocycles. The SMILES string of the molecule is CC(N)C(C)C(=O)N(Cc1nccn1C)C1CC1. The summed E-state index contributed by atoms with van der Waals surface area (Å²) >= 11 is 0. The maximum atomic E-state index is 12.4. The summed E-state index contributed by atoms with van der Waals surface area (Å²) in [4.78, 5) is 18.6. The van der Waals surface area contributed by atoms with E-state index in [9.17, 15) is 4.79 Å². The van der Waals surface area contributed by atoms with Crippen LogP contribution >= 0.6 is 0 Å². The third-order valence-electron chi connectivity index (χ3n) is 3.68. The van der Waals surface area contributed by atoms with Gasteiger partial charge in [-0.15, -0.1) is 0 Å². The van der Waals surface area contributed by atoms with Crippen LogP contribution in [-0.4, -0.2) is 32.4 Å². The zero-order valence-corrected chi connectivity index (χ0v) is 11.3. The molecule has 2 atom stereocenters. The lowest BCUT2D eigenvalue weighted by Crippen LogP contribution is -2.42. The van der Waals surface area contributed by atoms with Crippen LogP contribution in [0.25, 0.3) is 0 Å². The van der Waals surface area contributed by atoms with Crippen molar-refractivity contribution in [1.82, 2.24) is 14.5 Å². The number of imidazole rings is 1. The van der Waals surface area contributed by atoms with Gasteiger partial charge in [-0.05, 0) is 19.8 Å². The molecular weight excluding hydrogens is 228 g/mol. The van der Waals surface area contributed by atoms with Gasteiger partial charge in [-0.1, -0.05) is 6.92 Å². The summed E-state index contributed by atoms with van der Waals surface area (Å²) in [5.74, 6) is 0.938. The lowest BCUT2D eigenvalue weighted by molar-refractivity contribution is -0.136. The van der Waals surface area contributed by atoms with Crippen LogP contribution in [0, 0.1) is 5.92 Å². The highest BCUT2D eigenvalue weighted by molar-refractivity contribution is 5.79. The molecule has 1 fully saturated rings. The number of carbonyl (C=O) groups is 1. The normalized spacial score (nSPS) is 18.4. The van der Waals surface area contributed by atoms with E-state index >= 15 is 0 Å². The van der Waals surface area contributed by atoms with Crippen molar-refractivity contribution in [2.24, 2.45) is 18.7 Å². The van der Waals surface area contributed by atoms with Crippen LogP contribution in [-0.2, 0) is 18.4 Å². The van der Waals surface area contributed by atoms with E-state index in [-0.39, 0.29) is 17.9 Å². The summed E-state index contributed by atoms with van der Waals surface area (Å²) in [7, 11) is 1.95. The molecule has 2 unspecified atom stereocenters. The first-order valence-electron chi connectivity index (χ1n) is 6.53. The summed E-state index contributed by atoms with van der Waals surface area (Å²) in [5.41, 5.74) is 5.83. The molecular formula is C13H22N4O. The van der Waals surface area contributed by atoms with E-state index in [4.69, 9.17) is 5.73 Å². The quantitative estimate of drug-likeness (QED) is 0.844. The van der Waals surface area contributed by atoms with Crippen molar-refractivity contribution < 1.29 is 4.79 Å². The molecule has 100 valence electrons. The first-order chi connectivity index (χ1) is 8.50. The minimum Gasteiger partial charge on any atom is -0.337 e. The van der Waals surface area contributed by atoms with Gasteiger partial charge in [0.2, 0.25) is 5.91 Å². The fraction of sp³-hybridized carbons (Fsp3) is 0.692. The molecule has 18 heavy (non-hydrogen) atoms. The number of carbonyl (C=O) groups excluding carboxylic acids is 1. The Hall–Kier alpha value is -1.36. The van der Waals surface area contributed by atoms with E-state index in [2.05, 4.69) is 4.98 Å². The van der Waals surface area contributed by atoms with Gasteiger partial charge in [0.1, 0.15) is 5.82 Å². The minimum atomic E-state index is -0.133. The summed E-state index contributed by atoms with van der Waals surface area (Å²) in [5, 5.41) is 0. The Balaban J connectivity index is 2.09. The van der Waals surface area contributed by atoms with Gasteiger partial charge in [0.05, 0.1) is 12.5 Å². The molecule has 5 nitrogen and oxygen atoms in total. The number of aromatic nitrogens is 2. The van der Waals surface area contributed by atoms with Gasteiger partial charge in [-0.3, -0.25) is 4.79 Å². The smallest absolute Gasteiger partial charge is 0.227 e. The Kier molecular flexibility index (Phi) is 3.71. The largest absolute Gasteiger partial charge is 0.337 e. The second kappa shape index (κ2) is 5.10. The van der Waals surface area contributed by atoms with E-state index in [1.807, 2.05) is 36.6 Å². The molecule has 5 heteroatoms. The molecule has 1 heterocycles. The van der Waals surface area contributed by atoms with Crippen LogP contribution < -0.4 is 5.73 Å². The summed E-state index contributed by atoms with van der Waals surface area (Å²) in [6, 6.07) is 0.274. The standard InChI is InChI=1S/C13H22N4O/c1-9(10(2)14)13(18)17(11-4-5-11)8-12-15-6-7-16(12)3/h6-7,9-11H,4-5,8,14H2,1-3H3. The van der Waals surface area contributed by atoms with Crippen molar-refractivity contribution >= 4 is 5.91 Å². The lowest BCUT2D eigenvalue weighted by atomic mass is 10.0. The lowest BCUT2D eigenvalue weighted by Gasteiger charge is -2.27. The van der Waals surface area contributed by atoms with Gasteiger partial charge in [0.15, 0.2) is 0 Å². The van der Waals surface area contributed by atoms with Crippen molar-refractivity contribution in [1.29, 1.82) is 0 Å². The predicted molar refractivity (Wildman–Crippen MR) is 69.6 cm³/mol.